The van der Waals surface area contributed by atoms with E-state index in [1.807, 2.05) is 0 Å². The highest BCUT2D eigenvalue weighted by Crippen LogP contribution is 2.27. The topological polar surface area (TPSA) is 49.4 Å². The summed E-state index contributed by atoms with van der Waals surface area (Å²) in [6.45, 7) is 2.30. The van der Waals surface area contributed by atoms with Gasteiger partial charge in [-0.3, -0.25) is 0 Å². The van der Waals surface area contributed by atoms with Crippen molar-refractivity contribution in [2.45, 2.75) is 37.5 Å². The van der Waals surface area contributed by atoms with E-state index in [0.29, 0.717) is 30.6 Å². The molecule has 22 heavy (non-hydrogen) atoms. The molecule has 2 aliphatic rings. The fraction of sp³-hybridized carbons (Fsp3) is 0.625. The summed E-state index contributed by atoms with van der Waals surface area (Å²) in [5.41, 5.74) is 0.640. The van der Waals surface area contributed by atoms with Gasteiger partial charge in [0.2, 0.25) is 10.0 Å². The quantitative estimate of drug-likeness (QED) is 0.922. The molecular formula is C16H23FN2O2S. The van der Waals surface area contributed by atoms with Crippen molar-refractivity contribution in [1.82, 2.24) is 9.62 Å². The molecule has 4 nitrogen and oxygen atoms in total. The maximum absolute atomic E-state index is 12.9. The first-order valence-corrected chi connectivity index (χ1v) is 9.61. The molecule has 2 aliphatic heterocycles. The molecule has 0 amide bonds. The first kappa shape index (κ1) is 15.9. The molecule has 3 rings (SSSR count). The Morgan fingerprint density at radius 3 is 2.41 bits per heavy atom. The summed E-state index contributed by atoms with van der Waals surface area (Å²) in [5.74, 6) is 0.213. The second-order valence-electron chi connectivity index (χ2n) is 6.32. The van der Waals surface area contributed by atoms with Gasteiger partial charge in [0.1, 0.15) is 5.82 Å². The van der Waals surface area contributed by atoms with Crippen molar-refractivity contribution in [2.24, 2.45) is 5.92 Å². The van der Waals surface area contributed by atoms with Crippen molar-refractivity contribution in [3.63, 3.8) is 0 Å². The van der Waals surface area contributed by atoms with Crippen molar-refractivity contribution in [1.29, 1.82) is 0 Å². The van der Waals surface area contributed by atoms with Crippen LogP contribution < -0.4 is 5.32 Å². The second-order valence-corrected chi connectivity index (χ2v) is 8.29. The van der Waals surface area contributed by atoms with Crippen LogP contribution in [-0.2, 0) is 15.8 Å². The summed E-state index contributed by atoms with van der Waals surface area (Å²) in [5, 5.41) is 3.52. The van der Waals surface area contributed by atoms with Crippen LogP contribution in [0.25, 0.3) is 0 Å². The summed E-state index contributed by atoms with van der Waals surface area (Å²) in [6.07, 6.45) is 4.31. The molecule has 2 saturated heterocycles. The molecule has 2 fully saturated rings. The fourth-order valence-corrected chi connectivity index (χ4v) is 5.12. The lowest BCUT2D eigenvalue weighted by Gasteiger charge is -2.34. The zero-order chi connectivity index (χ0) is 15.6. The fourth-order valence-electron chi connectivity index (χ4n) is 3.55. The Labute approximate surface area is 131 Å². The predicted octanol–water partition coefficient (Wildman–Crippen LogP) is 2.12. The lowest BCUT2D eigenvalue weighted by molar-refractivity contribution is 0.234. The molecule has 0 aromatic heterocycles. The molecule has 0 bridgehead atoms. The lowest BCUT2D eigenvalue weighted by atomic mass is 9.89. The van der Waals surface area contributed by atoms with E-state index in [0.717, 1.165) is 19.4 Å². The lowest BCUT2D eigenvalue weighted by Crippen LogP contribution is -2.43. The van der Waals surface area contributed by atoms with E-state index >= 15 is 0 Å². The molecule has 122 valence electrons. The van der Waals surface area contributed by atoms with Gasteiger partial charge in [-0.15, -0.1) is 0 Å². The number of halogens is 1. The summed E-state index contributed by atoms with van der Waals surface area (Å²) in [4.78, 5) is 0. The van der Waals surface area contributed by atoms with Gasteiger partial charge >= 0.3 is 0 Å². The van der Waals surface area contributed by atoms with Crippen LogP contribution in [0.15, 0.2) is 24.3 Å². The van der Waals surface area contributed by atoms with E-state index in [1.54, 1.807) is 16.4 Å². The Balaban J connectivity index is 1.58. The number of rotatable bonds is 4. The summed E-state index contributed by atoms with van der Waals surface area (Å²) in [7, 11) is -3.31. The molecular weight excluding hydrogens is 303 g/mol. The molecule has 0 spiro atoms. The molecule has 1 N–H and O–H groups in total. The van der Waals surface area contributed by atoms with Gasteiger partial charge in [-0.2, -0.15) is 0 Å². The van der Waals surface area contributed by atoms with Gasteiger partial charge in [-0.05, 0) is 55.8 Å². The van der Waals surface area contributed by atoms with Gasteiger partial charge < -0.3 is 5.32 Å². The average molecular weight is 326 g/mol. The van der Waals surface area contributed by atoms with Gasteiger partial charge in [0.15, 0.2) is 0 Å². The molecule has 1 atom stereocenters. The van der Waals surface area contributed by atoms with Crippen LogP contribution in [0.3, 0.4) is 0 Å². The number of nitrogens with one attached hydrogen (secondary N) is 1. The van der Waals surface area contributed by atoms with E-state index in [-0.39, 0.29) is 11.6 Å². The monoisotopic (exact) mass is 326 g/mol. The highest BCUT2D eigenvalue weighted by Gasteiger charge is 2.32. The van der Waals surface area contributed by atoms with Crippen molar-refractivity contribution >= 4 is 10.0 Å². The van der Waals surface area contributed by atoms with E-state index in [9.17, 15) is 12.8 Å². The van der Waals surface area contributed by atoms with Crippen LogP contribution >= 0.6 is 0 Å². The maximum Gasteiger partial charge on any atom is 0.218 e. The Morgan fingerprint density at radius 2 is 1.82 bits per heavy atom. The van der Waals surface area contributed by atoms with Crippen LogP contribution in [-0.4, -0.2) is 38.4 Å². The summed E-state index contributed by atoms with van der Waals surface area (Å²) in [6, 6.07) is 6.28. The van der Waals surface area contributed by atoms with E-state index in [4.69, 9.17) is 0 Å². The molecule has 0 saturated carbocycles. The molecule has 0 aliphatic carbocycles. The van der Waals surface area contributed by atoms with Gasteiger partial charge in [0.25, 0.3) is 0 Å². The largest absolute Gasteiger partial charge is 0.314 e. The number of hydrogen-bond acceptors (Lipinski definition) is 3. The molecule has 1 aromatic rings. The van der Waals surface area contributed by atoms with Gasteiger partial charge in [0, 0.05) is 19.1 Å². The van der Waals surface area contributed by atoms with E-state index < -0.39 is 10.0 Å². The first-order chi connectivity index (χ1) is 10.5. The zero-order valence-electron chi connectivity index (χ0n) is 12.7. The van der Waals surface area contributed by atoms with Crippen LogP contribution in [0.4, 0.5) is 4.39 Å². The third-order valence-corrected chi connectivity index (χ3v) is 6.67. The number of nitrogens with zero attached hydrogens (tertiary/aromatic N) is 1. The standard InChI is InChI=1S/C16H23FN2O2S/c17-15-5-3-13(4-6-15)12-22(20,21)19-10-7-14(8-11-19)16-2-1-9-18-16/h3-6,14,16,18H,1-2,7-12H2. The molecule has 1 unspecified atom stereocenters. The molecule has 1 aromatic carbocycles. The highest BCUT2D eigenvalue weighted by atomic mass is 32.2. The normalized spacial score (nSPS) is 24.7. The Morgan fingerprint density at radius 1 is 1.14 bits per heavy atom. The van der Waals surface area contributed by atoms with Crippen molar-refractivity contribution in [2.75, 3.05) is 19.6 Å². The number of piperidine rings is 1. The highest BCUT2D eigenvalue weighted by molar-refractivity contribution is 7.88. The SMILES string of the molecule is O=S(=O)(Cc1ccc(F)cc1)N1CCC(C2CCCN2)CC1. The summed E-state index contributed by atoms with van der Waals surface area (Å²) < 4.78 is 39.5. The Kier molecular flexibility index (Phi) is 4.80. The molecule has 6 heteroatoms. The zero-order valence-corrected chi connectivity index (χ0v) is 13.5. The van der Waals surface area contributed by atoms with Crippen molar-refractivity contribution in [3.05, 3.63) is 35.6 Å². The second kappa shape index (κ2) is 6.64. The third-order valence-electron chi connectivity index (χ3n) is 4.82. The third kappa shape index (κ3) is 3.67. The van der Waals surface area contributed by atoms with Gasteiger partial charge in [-0.1, -0.05) is 12.1 Å². The van der Waals surface area contributed by atoms with Crippen LogP contribution in [0.2, 0.25) is 0 Å². The van der Waals surface area contributed by atoms with Crippen LogP contribution in [0.5, 0.6) is 0 Å². The van der Waals surface area contributed by atoms with Gasteiger partial charge in [0.05, 0.1) is 5.75 Å². The van der Waals surface area contributed by atoms with Crippen molar-refractivity contribution in [3.8, 4) is 0 Å². The minimum absolute atomic E-state index is 0.0420. The van der Waals surface area contributed by atoms with Crippen LogP contribution in [0.1, 0.15) is 31.2 Å². The van der Waals surface area contributed by atoms with Gasteiger partial charge in [-0.25, -0.2) is 17.1 Å². The number of sulfonamides is 1. The first-order valence-electron chi connectivity index (χ1n) is 8.00. The molecule has 0 radical (unpaired) electrons. The predicted molar refractivity (Wildman–Crippen MR) is 84.3 cm³/mol. The number of benzene rings is 1. The van der Waals surface area contributed by atoms with E-state index in [2.05, 4.69) is 5.32 Å². The minimum Gasteiger partial charge on any atom is -0.314 e. The Bertz CT molecular complexity index is 589. The van der Waals surface area contributed by atoms with E-state index in [1.165, 1.54) is 25.0 Å². The molecule has 2 heterocycles. The smallest absolute Gasteiger partial charge is 0.218 e. The Hall–Kier alpha value is -0.980. The minimum atomic E-state index is -3.31. The van der Waals surface area contributed by atoms with Crippen molar-refractivity contribution < 1.29 is 12.8 Å². The van der Waals surface area contributed by atoms with Crippen LogP contribution in [0, 0.1) is 11.7 Å². The summed E-state index contributed by atoms with van der Waals surface area (Å²) >= 11 is 0. The maximum atomic E-state index is 12.9. The number of hydrogen-bond donors (Lipinski definition) is 1. The average Bonchev–Trinajstić information content (AvgIpc) is 3.04.